The third-order valence-corrected chi connectivity index (χ3v) is 3.41. The molecule has 0 aliphatic heterocycles. The van der Waals surface area contributed by atoms with Gasteiger partial charge in [-0.1, -0.05) is 13.3 Å². The predicted molar refractivity (Wildman–Crippen MR) is 82.6 cm³/mol. The summed E-state index contributed by atoms with van der Waals surface area (Å²) in [6.07, 6.45) is 2.45. The van der Waals surface area contributed by atoms with Crippen molar-refractivity contribution in [2.45, 2.75) is 45.4 Å². The molecule has 21 heavy (non-hydrogen) atoms. The molecule has 0 amide bonds. The summed E-state index contributed by atoms with van der Waals surface area (Å²) < 4.78 is 12.8. The first-order chi connectivity index (χ1) is 10.0. The van der Waals surface area contributed by atoms with Crippen LogP contribution in [0.1, 0.15) is 38.5 Å². The molecule has 1 aromatic rings. The van der Waals surface area contributed by atoms with Crippen molar-refractivity contribution in [3.63, 3.8) is 0 Å². The van der Waals surface area contributed by atoms with Crippen LogP contribution in [0, 0.1) is 0 Å². The van der Waals surface area contributed by atoms with E-state index in [1.165, 1.54) is 0 Å². The standard InChI is InChI=1S/C15H29N3O3/c1-6-8-12(21-7-2)15(19)14-13(20-5)11-16-18(14)10-9-17(3)4/h11-12,15,19H,6-10H2,1-5H3. The SMILES string of the molecule is CCCC(OCC)C(O)c1c(OC)cnn1CCN(C)C. The molecule has 0 fully saturated rings. The molecule has 1 aromatic heterocycles. The molecule has 6 nitrogen and oxygen atoms in total. The fraction of sp³-hybridized carbons (Fsp3) is 0.800. The number of likely N-dealkylation sites (N-methyl/N-ethyl adjacent to an activating group) is 1. The van der Waals surface area contributed by atoms with Crippen molar-refractivity contribution >= 4 is 0 Å². The zero-order valence-corrected chi connectivity index (χ0v) is 13.9. The van der Waals surface area contributed by atoms with Crippen molar-refractivity contribution in [1.82, 2.24) is 14.7 Å². The van der Waals surface area contributed by atoms with Crippen molar-refractivity contribution < 1.29 is 14.6 Å². The summed E-state index contributed by atoms with van der Waals surface area (Å²) in [5.41, 5.74) is 0.700. The Morgan fingerprint density at radius 1 is 1.38 bits per heavy atom. The minimum atomic E-state index is -0.732. The third-order valence-electron chi connectivity index (χ3n) is 3.41. The van der Waals surface area contributed by atoms with Crippen molar-refractivity contribution in [3.05, 3.63) is 11.9 Å². The van der Waals surface area contributed by atoms with Gasteiger partial charge in [0.05, 0.1) is 26.0 Å². The second kappa shape index (κ2) is 9.02. The Balaban J connectivity index is 2.97. The van der Waals surface area contributed by atoms with Gasteiger partial charge >= 0.3 is 0 Å². The molecule has 0 aliphatic rings. The van der Waals surface area contributed by atoms with Crippen molar-refractivity contribution in [2.24, 2.45) is 0 Å². The van der Waals surface area contributed by atoms with E-state index in [-0.39, 0.29) is 6.10 Å². The van der Waals surface area contributed by atoms with Gasteiger partial charge in [-0.2, -0.15) is 5.10 Å². The minimum absolute atomic E-state index is 0.233. The van der Waals surface area contributed by atoms with E-state index in [9.17, 15) is 5.11 Å². The van der Waals surface area contributed by atoms with Crippen LogP contribution in [0.3, 0.4) is 0 Å². The molecule has 2 atom stereocenters. The Morgan fingerprint density at radius 2 is 2.10 bits per heavy atom. The van der Waals surface area contributed by atoms with Gasteiger partial charge in [0, 0.05) is 13.2 Å². The Kier molecular flexibility index (Phi) is 7.71. The maximum absolute atomic E-state index is 10.7. The van der Waals surface area contributed by atoms with Gasteiger partial charge in [-0.3, -0.25) is 4.68 Å². The van der Waals surface area contributed by atoms with Crippen LogP contribution in [0.15, 0.2) is 6.20 Å². The highest BCUT2D eigenvalue weighted by atomic mass is 16.5. The van der Waals surface area contributed by atoms with Crippen LogP contribution in [0.5, 0.6) is 5.75 Å². The fourth-order valence-electron chi connectivity index (χ4n) is 2.31. The number of nitrogens with zero attached hydrogens (tertiary/aromatic N) is 3. The van der Waals surface area contributed by atoms with Crippen LogP contribution in [0.25, 0.3) is 0 Å². The molecule has 0 aromatic carbocycles. The van der Waals surface area contributed by atoms with E-state index in [0.29, 0.717) is 24.6 Å². The van der Waals surface area contributed by atoms with Crippen LogP contribution >= 0.6 is 0 Å². The Morgan fingerprint density at radius 3 is 2.62 bits per heavy atom. The number of rotatable bonds is 10. The summed E-state index contributed by atoms with van der Waals surface area (Å²) in [4.78, 5) is 2.08. The molecular formula is C15H29N3O3. The highest BCUT2D eigenvalue weighted by Gasteiger charge is 2.27. The van der Waals surface area contributed by atoms with Crippen molar-refractivity contribution in [1.29, 1.82) is 0 Å². The molecule has 2 unspecified atom stereocenters. The molecule has 1 N–H and O–H groups in total. The zero-order valence-electron chi connectivity index (χ0n) is 13.9. The van der Waals surface area contributed by atoms with E-state index in [2.05, 4.69) is 16.9 Å². The Bertz CT molecular complexity index is 401. The number of aromatic nitrogens is 2. The van der Waals surface area contributed by atoms with Gasteiger partial charge in [-0.25, -0.2) is 0 Å². The van der Waals surface area contributed by atoms with Gasteiger partial charge in [-0.15, -0.1) is 0 Å². The molecule has 122 valence electrons. The molecule has 0 saturated heterocycles. The molecule has 0 aliphatic carbocycles. The maximum Gasteiger partial charge on any atom is 0.162 e. The van der Waals surface area contributed by atoms with E-state index in [1.54, 1.807) is 13.3 Å². The van der Waals surface area contributed by atoms with Crippen molar-refractivity contribution in [2.75, 3.05) is 34.4 Å². The van der Waals surface area contributed by atoms with Crippen LogP contribution < -0.4 is 4.74 Å². The highest BCUT2D eigenvalue weighted by molar-refractivity contribution is 5.28. The van der Waals surface area contributed by atoms with E-state index < -0.39 is 6.10 Å². The first-order valence-electron chi connectivity index (χ1n) is 7.59. The first-order valence-corrected chi connectivity index (χ1v) is 7.59. The Hall–Kier alpha value is -1.11. The summed E-state index contributed by atoms with van der Waals surface area (Å²) in [5, 5.41) is 15.0. The smallest absolute Gasteiger partial charge is 0.162 e. The van der Waals surface area contributed by atoms with Crippen LogP contribution in [0.4, 0.5) is 0 Å². The lowest BCUT2D eigenvalue weighted by Crippen LogP contribution is -2.27. The zero-order chi connectivity index (χ0) is 15.8. The lowest BCUT2D eigenvalue weighted by atomic mass is 10.1. The topological polar surface area (TPSA) is 59.8 Å². The van der Waals surface area contributed by atoms with Gasteiger partial charge < -0.3 is 19.5 Å². The molecule has 1 heterocycles. The van der Waals surface area contributed by atoms with Crippen LogP contribution in [-0.2, 0) is 11.3 Å². The summed E-state index contributed by atoms with van der Waals surface area (Å²) in [6.45, 7) is 6.15. The average molecular weight is 299 g/mol. The number of ether oxygens (including phenoxy) is 2. The maximum atomic E-state index is 10.7. The molecule has 6 heteroatoms. The molecule has 0 saturated carbocycles. The van der Waals surface area contributed by atoms with Crippen LogP contribution in [0.2, 0.25) is 0 Å². The van der Waals surface area contributed by atoms with Gasteiger partial charge in [0.15, 0.2) is 5.75 Å². The van der Waals surface area contributed by atoms with Gasteiger partial charge in [0.1, 0.15) is 11.8 Å². The summed E-state index contributed by atoms with van der Waals surface area (Å²) >= 11 is 0. The number of methoxy groups -OCH3 is 1. The highest BCUT2D eigenvalue weighted by Crippen LogP contribution is 2.30. The number of aliphatic hydroxyl groups excluding tert-OH is 1. The second-order valence-electron chi connectivity index (χ2n) is 5.35. The minimum Gasteiger partial charge on any atom is -0.493 e. The Labute approximate surface area is 127 Å². The monoisotopic (exact) mass is 299 g/mol. The normalized spacial score (nSPS) is 14.4. The summed E-state index contributed by atoms with van der Waals surface area (Å²) in [7, 11) is 5.62. The molecule has 0 bridgehead atoms. The lowest BCUT2D eigenvalue weighted by molar-refractivity contribution is -0.0428. The largest absolute Gasteiger partial charge is 0.493 e. The predicted octanol–water partition coefficient (Wildman–Crippen LogP) is 1.69. The van der Waals surface area contributed by atoms with E-state index in [4.69, 9.17) is 9.47 Å². The first kappa shape index (κ1) is 17.9. The van der Waals surface area contributed by atoms with Gasteiger partial charge in [0.2, 0.25) is 0 Å². The molecule has 0 spiro atoms. The van der Waals surface area contributed by atoms with Crippen LogP contribution in [-0.4, -0.2) is 60.2 Å². The summed E-state index contributed by atoms with van der Waals surface area (Å²) in [6, 6.07) is 0. The average Bonchev–Trinajstić information content (AvgIpc) is 2.87. The quantitative estimate of drug-likeness (QED) is 0.712. The van der Waals surface area contributed by atoms with E-state index in [1.807, 2.05) is 25.7 Å². The summed E-state index contributed by atoms with van der Waals surface area (Å²) in [5.74, 6) is 0.613. The molecular weight excluding hydrogens is 270 g/mol. The second-order valence-corrected chi connectivity index (χ2v) is 5.35. The van der Waals surface area contributed by atoms with E-state index in [0.717, 1.165) is 19.4 Å². The number of hydrogen-bond donors (Lipinski definition) is 1. The van der Waals surface area contributed by atoms with Crippen molar-refractivity contribution in [3.8, 4) is 5.75 Å². The van der Waals surface area contributed by atoms with Gasteiger partial charge in [-0.05, 0) is 27.4 Å². The molecule has 1 rings (SSSR count). The third kappa shape index (κ3) is 4.98. The fourth-order valence-corrected chi connectivity index (χ4v) is 2.31. The van der Waals surface area contributed by atoms with E-state index >= 15 is 0 Å². The molecule has 0 radical (unpaired) electrons. The number of aliphatic hydroxyl groups is 1. The lowest BCUT2D eigenvalue weighted by Gasteiger charge is -2.24. The number of hydrogen-bond acceptors (Lipinski definition) is 5. The van der Waals surface area contributed by atoms with Gasteiger partial charge in [0.25, 0.3) is 0 Å².